The highest BCUT2D eigenvalue weighted by atomic mass is 32.2. The first-order chi connectivity index (χ1) is 11.0. The van der Waals surface area contributed by atoms with Gasteiger partial charge in [-0.15, -0.1) is 0 Å². The molecule has 0 amide bonds. The molecule has 23 heavy (non-hydrogen) atoms. The van der Waals surface area contributed by atoms with Gasteiger partial charge in [0, 0.05) is 0 Å². The molecule has 3 rings (SSSR count). The van der Waals surface area contributed by atoms with Gasteiger partial charge in [0.25, 0.3) is 0 Å². The maximum atomic E-state index is 12.3. The number of carbonyl (C=O) groups is 1. The minimum Gasteiger partial charge on any atom is -0.478 e. The molecule has 5 nitrogen and oxygen atoms in total. The van der Waals surface area contributed by atoms with Crippen molar-refractivity contribution in [3.8, 4) is 5.75 Å². The summed E-state index contributed by atoms with van der Waals surface area (Å²) in [7, 11) is -4.10. The quantitative estimate of drug-likeness (QED) is 0.743. The fourth-order valence-corrected chi connectivity index (χ4v) is 3.15. The van der Waals surface area contributed by atoms with Gasteiger partial charge in [-0.2, -0.15) is 8.42 Å². The molecule has 116 valence electrons. The summed E-state index contributed by atoms with van der Waals surface area (Å²) in [5, 5.41) is 10.8. The van der Waals surface area contributed by atoms with Crippen molar-refractivity contribution >= 4 is 26.9 Å². The summed E-state index contributed by atoms with van der Waals surface area (Å²) >= 11 is 0. The van der Waals surface area contributed by atoms with Crippen LogP contribution in [0.3, 0.4) is 0 Å². The third-order valence-electron chi connectivity index (χ3n) is 3.30. The highest BCUT2D eigenvalue weighted by molar-refractivity contribution is 7.87. The molecule has 0 aliphatic carbocycles. The van der Waals surface area contributed by atoms with Crippen molar-refractivity contribution in [2.75, 3.05) is 0 Å². The van der Waals surface area contributed by atoms with Crippen LogP contribution in [0.25, 0.3) is 10.8 Å². The van der Waals surface area contributed by atoms with E-state index in [9.17, 15) is 13.2 Å². The lowest BCUT2D eigenvalue weighted by Crippen LogP contribution is -2.10. The molecule has 0 bridgehead atoms. The molecule has 3 aromatic carbocycles. The Hall–Kier alpha value is -2.86. The summed E-state index contributed by atoms with van der Waals surface area (Å²) < 4.78 is 29.7. The Balaban J connectivity index is 1.96. The van der Waals surface area contributed by atoms with Gasteiger partial charge in [0.1, 0.15) is 10.6 Å². The van der Waals surface area contributed by atoms with Crippen molar-refractivity contribution in [1.29, 1.82) is 0 Å². The van der Waals surface area contributed by atoms with Gasteiger partial charge in [-0.3, -0.25) is 0 Å². The van der Waals surface area contributed by atoms with Crippen LogP contribution in [-0.4, -0.2) is 19.5 Å². The second-order valence-electron chi connectivity index (χ2n) is 4.88. The van der Waals surface area contributed by atoms with Gasteiger partial charge in [0.05, 0.1) is 5.56 Å². The third kappa shape index (κ3) is 3.17. The summed E-state index contributed by atoms with van der Waals surface area (Å²) in [5.41, 5.74) is -0.117. The first-order valence-electron chi connectivity index (χ1n) is 6.72. The number of rotatable bonds is 4. The van der Waals surface area contributed by atoms with Crippen molar-refractivity contribution in [3.63, 3.8) is 0 Å². The fraction of sp³-hybridized carbons (Fsp3) is 0. The van der Waals surface area contributed by atoms with E-state index < -0.39 is 16.1 Å². The molecule has 6 heteroatoms. The van der Waals surface area contributed by atoms with Gasteiger partial charge in [0.2, 0.25) is 0 Å². The lowest BCUT2D eigenvalue weighted by Gasteiger charge is -2.08. The smallest absolute Gasteiger partial charge is 0.339 e. The van der Waals surface area contributed by atoms with E-state index in [1.807, 2.05) is 24.3 Å². The van der Waals surface area contributed by atoms with Crippen molar-refractivity contribution in [2.45, 2.75) is 4.90 Å². The van der Waals surface area contributed by atoms with Crippen LogP contribution in [0, 0.1) is 0 Å². The Morgan fingerprint density at radius 2 is 1.61 bits per heavy atom. The fourth-order valence-electron chi connectivity index (χ4n) is 2.18. The summed E-state index contributed by atoms with van der Waals surface area (Å²) in [5.74, 6) is -1.03. The van der Waals surface area contributed by atoms with Crippen LogP contribution in [0.15, 0.2) is 71.6 Å². The second kappa shape index (κ2) is 5.73. The number of aromatic carboxylic acids is 1. The van der Waals surface area contributed by atoms with Gasteiger partial charge in [0.15, 0.2) is 0 Å². The lowest BCUT2D eigenvalue weighted by molar-refractivity contribution is 0.0696. The van der Waals surface area contributed by atoms with Crippen LogP contribution in [0.5, 0.6) is 5.75 Å². The molecule has 0 spiro atoms. The van der Waals surface area contributed by atoms with Gasteiger partial charge in [-0.05, 0) is 41.1 Å². The SMILES string of the molecule is O=C(O)c1cccc(S(=O)(=O)Oc2ccc3ccccc3c2)c1. The summed E-state index contributed by atoms with van der Waals surface area (Å²) in [6.45, 7) is 0. The summed E-state index contributed by atoms with van der Waals surface area (Å²) in [6, 6.07) is 17.5. The number of fused-ring (bicyclic) bond motifs is 1. The Labute approximate surface area is 132 Å². The molecule has 1 N–H and O–H groups in total. The predicted octanol–water partition coefficient (Wildman–Crippen LogP) is 3.31. The van der Waals surface area contributed by atoms with E-state index in [0.717, 1.165) is 16.8 Å². The van der Waals surface area contributed by atoms with Crippen molar-refractivity contribution in [3.05, 3.63) is 72.3 Å². The van der Waals surface area contributed by atoms with E-state index in [-0.39, 0.29) is 16.2 Å². The topological polar surface area (TPSA) is 80.7 Å². The molecule has 0 heterocycles. The monoisotopic (exact) mass is 328 g/mol. The highest BCUT2D eigenvalue weighted by Crippen LogP contribution is 2.24. The zero-order valence-electron chi connectivity index (χ0n) is 11.8. The molecule has 0 radical (unpaired) electrons. The molecule has 0 saturated carbocycles. The van der Waals surface area contributed by atoms with Crippen molar-refractivity contribution < 1.29 is 22.5 Å². The molecule has 0 aliphatic heterocycles. The van der Waals surface area contributed by atoms with E-state index >= 15 is 0 Å². The van der Waals surface area contributed by atoms with Crippen LogP contribution >= 0.6 is 0 Å². The number of carboxylic acid groups (broad SMARTS) is 1. The molecule has 3 aromatic rings. The number of hydrogen-bond acceptors (Lipinski definition) is 4. The number of hydrogen-bond donors (Lipinski definition) is 1. The normalized spacial score (nSPS) is 11.3. The van der Waals surface area contributed by atoms with Gasteiger partial charge < -0.3 is 9.29 Å². The van der Waals surface area contributed by atoms with Gasteiger partial charge >= 0.3 is 16.1 Å². The van der Waals surface area contributed by atoms with E-state index in [2.05, 4.69) is 0 Å². The molecule has 0 atom stereocenters. The Morgan fingerprint density at radius 3 is 2.35 bits per heavy atom. The maximum Gasteiger partial charge on any atom is 0.339 e. The van der Waals surface area contributed by atoms with Gasteiger partial charge in [-0.1, -0.05) is 36.4 Å². The van der Waals surface area contributed by atoms with Crippen LogP contribution in [0.4, 0.5) is 0 Å². The van der Waals surface area contributed by atoms with E-state index in [1.165, 1.54) is 18.2 Å². The molecular formula is C17H12O5S. The Bertz CT molecular complexity index is 993. The zero-order valence-corrected chi connectivity index (χ0v) is 12.7. The number of benzene rings is 3. The highest BCUT2D eigenvalue weighted by Gasteiger charge is 2.18. The largest absolute Gasteiger partial charge is 0.478 e. The van der Waals surface area contributed by atoms with E-state index in [1.54, 1.807) is 18.2 Å². The predicted molar refractivity (Wildman–Crippen MR) is 85.2 cm³/mol. The average Bonchev–Trinajstić information content (AvgIpc) is 2.54. The third-order valence-corrected chi connectivity index (χ3v) is 4.54. The minimum absolute atomic E-state index is 0.117. The standard InChI is InChI=1S/C17H12O5S/c18-17(19)14-6-3-7-16(11-14)23(20,21)22-15-9-8-12-4-1-2-5-13(12)10-15/h1-11H,(H,18,19). The van der Waals surface area contributed by atoms with Crippen LogP contribution in [-0.2, 0) is 10.1 Å². The molecule has 0 fully saturated rings. The van der Waals surface area contributed by atoms with Crippen LogP contribution in [0.2, 0.25) is 0 Å². The van der Waals surface area contributed by atoms with Crippen molar-refractivity contribution in [1.82, 2.24) is 0 Å². The second-order valence-corrected chi connectivity index (χ2v) is 6.43. The zero-order chi connectivity index (χ0) is 16.4. The van der Waals surface area contributed by atoms with E-state index in [0.29, 0.717) is 0 Å². The molecule has 0 aromatic heterocycles. The summed E-state index contributed by atoms with van der Waals surface area (Å²) in [4.78, 5) is 10.7. The average molecular weight is 328 g/mol. The van der Waals surface area contributed by atoms with Crippen LogP contribution < -0.4 is 4.18 Å². The van der Waals surface area contributed by atoms with Crippen molar-refractivity contribution in [2.24, 2.45) is 0 Å². The maximum absolute atomic E-state index is 12.3. The molecule has 0 saturated heterocycles. The molecule has 0 aliphatic rings. The molecule has 0 unspecified atom stereocenters. The van der Waals surface area contributed by atoms with Crippen LogP contribution in [0.1, 0.15) is 10.4 Å². The first kappa shape index (κ1) is 15.1. The Kier molecular flexibility index (Phi) is 3.75. The minimum atomic E-state index is -4.10. The molecular weight excluding hydrogens is 316 g/mol. The summed E-state index contributed by atoms with van der Waals surface area (Å²) in [6.07, 6.45) is 0. The Morgan fingerprint density at radius 1 is 0.870 bits per heavy atom. The lowest BCUT2D eigenvalue weighted by atomic mass is 10.1. The number of carboxylic acids is 1. The van der Waals surface area contributed by atoms with E-state index in [4.69, 9.17) is 9.29 Å². The van der Waals surface area contributed by atoms with Gasteiger partial charge in [-0.25, -0.2) is 4.79 Å². The first-order valence-corrected chi connectivity index (χ1v) is 8.13.